The molecule has 2 heteroatoms. The maximum Gasteiger partial charge on any atom is 0.0653 e. The largest absolute Gasteiger partial charge is 0.302 e. The second-order valence-electron chi connectivity index (χ2n) is 2.58. The number of nitrogens with one attached hydrogen (secondary N) is 1. The molecule has 9 heavy (non-hydrogen) atoms. The summed E-state index contributed by atoms with van der Waals surface area (Å²) in [4.78, 5) is 4.99. The maximum absolute atomic E-state index is 4.99. The van der Waals surface area contributed by atoms with Gasteiger partial charge in [-0.05, 0) is 25.7 Å². The maximum atomic E-state index is 4.99. The van der Waals surface area contributed by atoms with Crippen LogP contribution in [-0.2, 0) is 4.84 Å². The molecule has 0 atom stereocenters. The molecule has 0 amide bonds. The van der Waals surface area contributed by atoms with E-state index in [9.17, 15) is 0 Å². The van der Waals surface area contributed by atoms with Crippen molar-refractivity contribution in [3.63, 3.8) is 0 Å². The summed E-state index contributed by atoms with van der Waals surface area (Å²) in [5.74, 6) is 0.900. The zero-order chi connectivity index (χ0) is 6.53. The SMILES string of the molecule is CCONCC1CCC1. The molecule has 0 aromatic carbocycles. The Morgan fingerprint density at radius 2 is 2.33 bits per heavy atom. The van der Waals surface area contributed by atoms with Crippen LogP contribution in [0.4, 0.5) is 0 Å². The first-order valence-corrected chi connectivity index (χ1v) is 3.78. The molecule has 1 fully saturated rings. The molecule has 0 aliphatic heterocycles. The van der Waals surface area contributed by atoms with Gasteiger partial charge in [0.05, 0.1) is 6.61 Å². The Morgan fingerprint density at radius 3 is 2.78 bits per heavy atom. The average Bonchev–Trinajstić information content (AvgIpc) is 1.76. The van der Waals surface area contributed by atoms with Gasteiger partial charge in [-0.15, -0.1) is 0 Å². The first-order valence-electron chi connectivity index (χ1n) is 3.78. The Morgan fingerprint density at radius 1 is 1.56 bits per heavy atom. The Labute approximate surface area is 56.5 Å². The van der Waals surface area contributed by atoms with Crippen molar-refractivity contribution in [2.24, 2.45) is 5.92 Å². The van der Waals surface area contributed by atoms with Crippen molar-refractivity contribution in [1.29, 1.82) is 0 Å². The summed E-state index contributed by atoms with van der Waals surface area (Å²) in [6, 6.07) is 0. The van der Waals surface area contributed by atoms with Crippen LogP contribution in [0.15, 0.2) is 0 Å². The van der Waals surface area contributed by atoms with Crippen LogP contribution in [0.1, 0.15) is 26.2 Å². The van der Waals surface area contributed by atoms with Crippen molar-refractivity contribution in [1.82, 2.24) is 5.48 Å². The molecule has 1 N–H and O–H groups in total. The van der Waals surface area contributed by atoms with E-state index >= 15 is 0 Å². The lowest BCUT2D eigenvalue weighted by Gasteiger charge is -2.24. The fraction of sp³-hybridized carbons (Fsp3) is 1.00. The van der Waals surface area contributed by atoms with Crippen LogP contribution in [-0.4, -0.2) is 13.2 Å². The highest BCUT2D eigenvalue weighted by atomic mass is 16.6. The molecule has 1 aliphatic carbocycles. The van der Waals surface area contributed by atoms with Crippen molar-refractivity contribution in [2.75, 3.05) is 13.2 Å². The summed E-state index contributed by atoms with van der Waals surface area (Å²) in [5, 5.41) is 0. The van der Waals surface area contributed by atoms with Crippen molar-refractivity contribution < 1.29 is 4.84 Å². The Hall–Kier alpha value is -0.0800. The number of rotatable bonds is 4. The second-order valence-corrected chi connectivity index (χ2v) is 2.58. The van der Waals surface area contributed by atoms with Crippen molar-refractivity contribution >= 4 is 0 Å². The van der Waals surface area contributed by atoms with E-state index in [1.807, 2.05) is 6.92 Å². The third kappa shape index (κ3) is 2.33. The van der Waals surface area contributed by atoms with Crippen molar-refractivity contribution in [3.05, 3.63) is 0 Å². The predicted molar refractivity (Wildman–Crippen MR) is 37.0 cm³/mol. The van der Waals surface area contributed by atoms with E-state index in [-0.39, 0.29) is 0 Å². The van der Waals surface area contributed by atoms with E-state index < -0.39 is 0 Å². The topological polar surface area (TPSA) is 21.3 Å². The molecule has 0 bridgehead atoms. The molecule has 1 aliphatic rings. The van der Waals surface area contributed by atoms with Gasteiger partial charge in [0, 0.05) is 6.54 Å². The highest BCUT2D eigenvalue weighted by Gasteiger charge is 2.16. The van der Waals surface area contributed by atoms with Gasteiger partial charge in [0.2, 0.25) is 0 Å². The zero-order valence-corrected chi connectivity index (χ0v) is 6.02. The fourth-order valence-corrected chi connectivity index (χ4v) is 0.976. The Balaban J connectivity index is 1.80. The lowest BCUT2D eigenvalue weighted by atomic mass is 9.86. The molecule has 0 aromatic rings. The Bertz CT molecular complexity index is 71.3. The summed E-state index contributed by atoms with van der Waals surface area (Å²) in [5.41, 5.74) is 2.94. The summed E-state index contributed by atoms with van der Waals surface area (Å²) >= 11 is 0. The van der Waals surface area contributed by atoms with E-state index in [1.165, 1.54) is 19.3 Å². The molecule has 1 saturated carbocycles. The molecular formula is C7H15NO. The minimum absolute atomic E-state index is 0.771. The van der Waals surface area contributed by atoms with Gasteiger partial charge in [-0.25, -0.2) is 5.48 Å². The molecule has 0 heterocycles. The van der Waals surface area contributed by atoms with E-state index in [0.717, 1.165) is 19.1 Å². The van der Waals surface area contributed by atoms with Crippen molar-refractivity contribution in [3.8, 4) is 0 Å². The van der Waals surface area contributed by atoms with E-state index in [0.29, 0.717) is 0 Å². The van der Waals surface area contributed by atoms with Crippen LogP contribution < -0.4 is 5.48 Å². The van der Waals surface area contributed by atoms with Crippen LogP contribution in [0, 0.1) is 5.92 Å². The zero-order valence-electron chi connectivity index (χ0n) is 6.02. The quantitative estimate of drug-likeness (QED) is 0.456. The molecule has 54 valence electrons. The molecule has 2 nitrogen and oxygen atoms in total. The van der Waals surface area contributed by atoms with Crippen molar-refractivity contribution in [2.45, 2.75) is 26.2 Å². The molecule has 0 saturated heterocycles. The molecule has 0 spiro atoms. The van der Waals surface area contributed by atoms with Gasteiger partial charge in [0.1, 0.15) is 0 Å². The highest BCUT2D eigenvalue weighted by molar-refractivity contribution is 4.69. The normalized spacial score (nSPS) is 19.7. The monoisotopic (exact) mass is 129 g/mol. The fourth-order valence-electron chi connectivity index (χ4n) is 0.976. The standard InChI is InChI=1S/C7H15NO/c1-2-9-8-6-7-4-3-5-7/h7-8H,2-6H2,1H3. The minimum atomic E-state index is 0.771. The first-order chi connectivity index (χ1) is 4.43. The molecule has 0 aromatic heterocycles. The van der Waals surface area contributed by atoms with Crippen LogP contribution in [0.5, 0.6) is 0 Å². The molecule has 1 rings (SSSR count). The number of hydrogen-bond acceptors (Lipinski definition) is 2. The summed E-state index contributed by atoms with van der Waals surface area (Å²) < 4.78 is 0. The van der Waals surface area contributed by atoms with Gasteiger partial charge in [-0.3, -0.25) is 0 Å². The minimum Gasteiger partial charge on any atom is -0.302 e. The number of hydroxylamine groups is 1. The van der Waals surface area contributed by atoms with Crippen LogP contribution in [0.3, 0.4) is 0 Å². The summed E-state index contributed by atoms with van der Waals surface area (Å²) in [6.45, 7) is 3.81. The van der Waals surface area contributed by atoms with Gasteiger partial charge < -0.3 is 4.84 Å². The van der Waals surface area contributed by atoms with Gasteiger partial charge in [0.25, 0.3) is 0 Å². The lowest BCUT2D eigenvalue weighted by molar-refractivity contribution is 0.0330. The molecular weight excluding hydrogens is 114 g/mol. The first kappa shape index (κ1) is 7.03. The van der Waals surface area contributed by atoms with Crippen LogP contribution in [0.2, 0.25) is 0 Å². The van der Waals surface area contributed by atoms with Crippen LogP contribution >= 0.6 is 0 Å². The molecule has 0 radical (unpaired) electrons. The third-order valence-electron chi connectivity index (χ3n) is 1.84. The van der Waals surface area contributed by atoms with E-state index in [2.05, 4.69) is 5.48 Å². The summed E-state index contributed by atoms with van der Waals surface area (Å²) in [6.07, 6.45) is 4.19. The number of hydrogen-bond donors (Lipinski definition) is 1. The lowest BCUT2D eigenvalue weighted by Crippen LogP contribution is -2.27. The molecule has 0 unspecified atom stereocenters. The second kappa shape index (κ2) is 3.85. The summed E-state index contributed by atoms with van der Waals surface area (Å²) in [7, 11) is 0. The van der Waals surface area contributed by atoms with Gasteiger partial charge in [-0.2, -0.15) is 0 Å². The predicted octanol–water partition coefficient (Wildman–Crippen LogP) is 1.33. The van der Waals surface area contributed by atoms with E-state index in [1.54, 1.807) is 0 Å². The Kier molecular flexibility index (Phi) is 3.01. The third-order valence-corrected chi connectivity index (χ3v) is 1.84. The van der Waals surface area contributed by atoms with Gasteiger partial charge in [-0.1, -0.05) is 6.42 Å². The highest BCUT2D eigenvalue weighted by Crippen LogP contribution is 2.24. The average molecular weight is 129 g/mol. The van der Waals surface area contributed by atoms with Gasteiger partial charge in [0.15, 0.2) is 0 Å². The van der Waals surface area contributed by atoms with E-state index in [4.69, 9.17) is 4.84 Å². The van der Waals surface area contributed by atoms with Crippen LogP contribution in [0.25, 0.3) is 0 Å². The smallest absolute Gasteiger partial charge is 0.0653 e. The van der Waals surface area contributed by atoms with Gasteiger partial charge >= 0.3 is 0 Å².